The lowest BCUT2D eigenvalue weighted by molar-refractivity contribution is -0.142. The molecule has 0 saturated heterocycles. The molecule has 0 spiro atoms. The summed E-state index contributed by atoms with van der Waals surface area (Å²) in [6.45, 7) is 0. The van der Waals surface area contributed by atoms with Crippen LogP contribution in [0.3, 0.4) is 0 Å². The molecule has 0 aromatic heterocycles. The first-order valence-corrected chi connectivity index (χ1v) is 5.54. The maximum Gasteiger partial charge on any atom is 0.322 e. The van der Waals surface area contributed by atoms with Gasteiger partial charge in [0.05, 0.1) is 13.3 Å². The number of phenolic OH excluding ortho intramolecular Hbond substituents is 1. The van der Waals surface area contributed by atoms with Crippen LogP contribution in [0.1, 0.15) is 5.56 Å². The standard InChI is InChI=1S/C11H12BClNO4/c1-18-11(17)10(14-12-6-15)5-7-4-8(16)2-3-9(7)13/h2-4,6,10,14,16H,5H2,1H3/t10-/m0/s1. The van der Waals surface area contributed by atoms with Crippen LogP contribution < -0.4 is 5.23 Å². The summed E-state index contributed by atoms with van der Waals surface area (Å²) < 4.78 is 4.61. The molecule has 0 bridgehead atoms. The minimum absolute atomic E-state index is 0.0531. The predicted octanol–water partition coefficient (Wildman–Crippen LogP) is 0.529. The summed E-state index contributed by atoms with van der Waals surface area (Å²) in [5.74, 6) is -0.468. The smallest absolute Gasteiger partial charge is 0.322 e. The molecule has 0 heterocycles. The first-order chi connectivity index (χ1) is 8.58. The Labute approximate surface area is 110 Å². The fourth-order valence-corrected chi connectivity index (χ4v) is 1.64. The van der Waals surface area contributed by atoms with E-state index in [1.807, 2.05) is 0 Å². The highest BCUT2D eigenvalue weighted by Gasteiger charge is 2.20. The van der Waals surface area contributed by atoms with Crippen molar-refractivity contribution in [2.24, 2.45) is 0 Å². The van der Waals surface area contributed by atoms with Crippen molar-refractivity contribution in [3.63, 3.8) is 0 Å². The number of phenols is 1. The van der Waals surface area contributed by atoms with Crippen LogP contribution >= 0.6 is 11.6 Å². The molecule has 5 nitrogen and oxygen atoms in total. The second-order valence-electron chi connectivity index (χ2n) is 3.52. The number of methoxy groups -OCH3 is 1. The van der Waals surface area contributed by atoms with E-state index in [0.29, 0.717) is 16.8 Å². The fourth-order valence-electron chi connectivity index (χ4n) is 1.45. The Morgan fingerprint density at radius 3 is 3.00 bits per heavy atom. The van der Waals surface area contributed by atoms with Crippen molar-refractivity contribution in [1.29, 1.82) is 0 Å². The van der Waals surface area contributed by atoms with E-state index in [9.17, 15) is 14.7 Å². The first kappa shape index (κ1) is 14.5. The minimum atomic E-state index is -0.737. The van der Waals surface area contributed by atoms with Gasteiger partial charge in [-0.2, -0.15) is 0 Å². The van der Waals surface area contributed by atoms with Crippen molar-refractivity contribution >= 4 is 31.2 Å². The van der Waals surface area contributed by atoms with E-state index >= 15 is 0 Å². The van der Waals surface area contributed by atoms with Crippen LogP contribution in [0.2, 0.25) is 5.02 Å². The second kappa shape index (κ2) is 7.03. The van der Waals surface area contributed by atoms with Gasteiger partial charge in [-0.25, -0.2) is 0 Å². The molecule has 0 amide bonds. The fraction of sp³-hybridized carbons (Fsp3) is 0.273. The van der Waals surface area contributed by atoms with Crippen molar-refractivity contribution in [2.75, 3.05) is 7.11 Å². The van der Waals surface area contributed by atoms with Crippen LogP contribution in [-0.2, 0) is 20.7 Å². The van der Waals surface area contributed by atoms with Gasteiger partial charge in [0.25, 0.3) is 7.41 Å². The quantitative estimate of drug-likeness (QED) is 0.447. The van der Waals surface area contributed by atoms with Crippen molar-refractivity contribution in [2.45, 2.75) is 12.5 Å². The summed E-state index contributed by atoms with van der Waals surface area (Å²) in [6.07, 6.45) is 0.726. The third kappa shape index (κ3) is 4.05. The van der Waals surface area contributed by atoms with Gasteiger partial charge in [0.2, 0.25) is 0 Å². The number of hydrogen-bond donors (Lipinski definition) is 2. The molecule has 2 N–H and O–H groups in total. The Morgan fingerprint density at radius 2 is 2.39 bits per heavy atom. The SMILES string of the molecule is COC(=O)[C@H](Cc1cc(O)ccc1Cl)N[B]C=O. The van der Waals surface area contributed by atoms with Gasteiger partial charge >= 0.3 is 5.97 Å². The zero-order valence-electron chi connectivity index (χ0n) is 9.72. The highest BCUT2D eigenvalue weighted by atomic mass is 35.5. The van der Waals surface area contributed by atoms with Gasteiger partial charge in [-0.05, 0) is 30.2 Å². The van der Waals surface area contributed by atoms with Crippen LogP contribution in [0.25, 0.3) is 0 Å². The van der Waals surface area contributed by atoms with Crippen molar-refractivity contribution in [3.05, 3.63) is 28.8 Å². The van der Waals surface area contributed by atoms with Crippen molar-refractivity contribution in [1.82, 2.24) is 5.23 Å². The predicted molar refractivity (Wildman–Crippen MR) is 68.3 cm³/mol. The number of carbonyl (C=O) groups excluding carboxylic acids is 2. The molecule has 1 aromatic carbocycles. The number of hydrogen-bond acceptors (Lipinski definition) is 5. The van der Waals surface area contributed by atoms with Crippen LogP contribution in [0.4, 0.5) is 0 Å². The number of benzene rings is 1. The van der Waals surface area contributed by atoms with Gasteiger partial charge in [0.15, 0.2) is 0 Å². The number of ether oxygens (including phenoxy) is 1. The molecule has 7 heteroatoms. The van der Waals surface area contributed by atoms with E-state index in [4.69, 9.17) is 11.6 Å². The largest absolute Gasteiger partial charge is 0.508 e. The van der Waals surface area contributed by atoms with Gasteiger partial charge in [-0.15, -0.1) is 0 Å². The zero-order chi connectivity index (χ0) is 13.5. The van der Waals surface area contributed by atoms with Gasteiger partial charge in [-0.3, -0.25) is 4.79 Å². The van der Waals surface area contributed by atoms with E-state index in [1.165, 1.54) is 25.3 Å². The summed E-state index contributed by atoms with van der Waals surface area (Å²) in [5, 5.41) is 12.4. The monoisotopic (exact) mass is 268 g/mol. The second-order valence-corrected chi connectivity index (χ2v) is 3.93. The van der Waals surface area contributed by atoms with Crippen molar-refractivity contribution in [3.8, 4) is 5.75 Å². The van der Waals surface area contributed by atoms with E-state index in [-0.39, 0.29) is 12.2 Å². The first-order valence-electron chi connectivity index (χ1n) is 5.16. The third-order valence-corrected chi connectivity index (χ3v) is 2.67. The Morgan fingerprint density at radius 1 is 1.67 bits per heavy atom. The molecule has 1 aromatic rings. The summed E-state index contributed by atoms with van der Waals surface area (Å²) in [6, 6.07) is 3.70. The van der Waals surface area contributed by atoms with Gasteiger partial charge in [-0.1, -0.05) is 11.6 Å². The summed E-state index contributed by atoms with van der Waals surface area (Å²) in [5.41, 5.74) is 0.582. The van der Waals surface area contributed by atoms with Crippen LogP contribution in [-0.4, -0.2) is 37.8 Å². The molecule has 0 aliphatic heterocycles. The Kier molecular flexibility index (Phi) is 5.68. The molecule has 1 atom stereocenters. The molecule has 95 valence electrons. The molecular formula is C11H12BClNO4. The Balaban J connectivity index is 2.84. The third-order valence-electron chi connectivity index (χ3n) is 2.30. The molecule has 0 unspecified atom stereocenters. The Hall–Kier alpha value is -1.53. The van der Waals surface area contributed by atoms with Gasteiger partial charge in [0, 0.05) is 5.02 Å². The van der Waals surface area contributed by atoms with Crippen LogP contribution in [0.15, 0.2) is 18.2 Å². The van der Waals surface area contributed by atoms with Gasteiger partial charge in [0.1, 0.15) is 11.8 Å². The van der Waals surface area contributed by atoms with E-state index < -0.39 is 12.0 Å². The van der Waals surface area contributed by atoms with Gasteiger partial charge < -0.3 is 19.9 Å². The average Bonchev–Trinajstić information content (AvgIpc) is 2.37. The highest BCUT2D eigenvalue weighted by molar-refractivity contribution is 6.64. The molecule has 18 heavy (non-hydrogen) atoms. The minimum Gasteiger partial charge on any atom is -0.508 e. The lowest BCUT2D eigenvalue weighted by Crippen LogP contribution is -2.42. The maximum atomic E-state index is 11.5. The normalized spacial score (nSPS) is 11.7. The number of carbonyl (C=O) groups is 2. The summed E-state index contributed by atoms with van der Waals surface area (Å²) in [7, 11) is 2.36. The number of nitrogens with one attached hydrogen (secondary N) is 1. The number of rotatable bonds is 6. The molecule has 0 fully saturated rings. The maximum absolute atomic E-state index is 11.5. The lowest BCUT2D eigenvalue weighted by Gasteiger charge is -2.15. The van der Waals surface area contributed by atoms with E-state index in [1.54, 1.807) is 0 Å². The molecule has 0 saturated carbocycles. The van der Waals surface area contributed by atoms with Crippen LogP contribution in [0.5, 0.6) is 5.75 Å². The lowest BCUT2D eigenvalue weighted by atomic mass is 9.94. The molecule has 0 aliphatic carbocycles. The van der Waals surface area contributed by atoms with Crippen LogP contribution in [0, 0.1) is 0 Å². The zero-order valence-corrected chi connectivity index (χ0v) is 10.5. The molecule has 1 rings (SSSR count). The summed E-state index contributed by atoms with van der Waals surface area (Å²) >= 11 is 5.95. The van der Waals surface area contributed by atoms with Crippen molar-refractivity contribution < 1.29 is 19.4 Å². The summed E-state index contributed by atoms with van der Waals surface area (Å²) in [4.78, 5) is 21.7. The number of esters is 1. The molecule has 0 aliphatic rings. The topological polar surface area (TPSA) is 75.6 Å². The number of halogens is 1. The molecule has 1 radical (unpaired) electrons. The highest BCUT2D eigenvalue weighted by Crippen LogP contribution is 2.22. The number of aromatic hydroxyl groups is 1. The van der Waals surface area contributed by atoms with E-state index in [0.717, 1.165) is 7.41 Å². The molecular weight excluding hydrogens is 256 g/mol. The Bertz CT molecular complexity index is 441. The average molecular weight is 268 g/mol. The van der Waals surface area contributed by atoms with E-state index in [2.05, 4.69) is 9.96 Å².